The maximum absolute atomic E-state index is 11.2. The molecular weight excluding hydrogens is 220 g/mol. The molecule has 0 aliphatic rings. The second-order valence-electron chi connectivity index (χ2n) is 3.73. The van der Waals surface area contributed by atoms with Crippen molar-refractivity contribution in [2.24, 2.45) is 0 Å². The highest BCUT2D eigenvalue weighted by atomic mass is 16.5. The predicted molar refractivity (Wildman–Crippen MR) is 64.5 cm³/mol. The molecule has 17 heavy (non-hydrogen) atoms. The first-order valence-corrected chi connectivity index (χ1v) is 5.73. The quantitative estimate of drug-likeness (QED) is 0.611. The van der Waals surface area contributed by atoms with E-state index in [0.29, 0.717) is 17.9 Å². The molecular formula is C13H18O4. The minimum Gasteiger partial charge on any atom is -0.504 e. The van der Waals surface area contributed by atoms with E-state index < -0.39 is 5.97 Å². The molecule has 0 unspecified atom stereocenters. The summed E-state index contributed by atoms with van der Waals surface area (Å²) >= 11 is 0. The monoisotopic (exact) mass is 238 g/mol. The Morgan fingerprint density at radius 2 is 2.12 bits per heavy atom. The van der Waals surface area contributed by atoms with E-state index in [9.17, 15) is 9.90 Å². The van der Waals surface area contributed by atoms with Crippen molar-refractivity contribution in [3.05, 3.63) is 23.8 Å². The van der Waals surface area contributed by atoms with Crippen LogP contribution in [0, 0.1) is 0 Å². The van der Waals surface area contributed by atoms with E-state index in [1.807, 2.05) is 0 Å². The van der Waals surface area contributed by atoms with E-state index in [-0.39, 0.29) is 5.75 Å². The molecule has 1 N–H and O–H groups in total. The summed E-state index contributed by atoms with van der Waals surface area (Å²) in [4.78, 5) is 11.2. The van der Waals surface area contributed by atoms with Gasteiger partial charge >= 0.3 is 5.97 Å². The van der Waals surface area contributed by atoms with Crippen LogP contribution in [0.2, 0.25) is 0 Å². The number of aromatic hydroxyl groups is 1. The van der Waals surface area contributed by atoms with Gasteiger partial charge < -0.3 is 14.6 Å². The number of esters is 1. The summed E-state index contributed by atoms with van der Waals surface area (Å²) in [7, 11) is 1.30. The molecule has 0 saturated carbocycles. The Bertz CT molecular complexity index is 374. The van der Waals surface area contributed by atoms with Gasteiger partial charge in [0.1, 0.15) is 0 Å². The number of hydrogen-bond acceptors (Lipinski definition) is 4. The molecule has 0 fully saturated rings. The van der Waals surface area contributed by atoms with E-state index in [4.69, 9.17) is 4.74 Å². The number of ether oxygens (including phenoxy) is 2. The number of phenols is 1. The zero-order valence-electron chi connectivity index (χ0n) is 10.2. The molecule has 4 heteroatoms. The van der Waals surface area contributed by atoms with Crippen molar-refractivity contribution in [1.29, 1.82) is 0 Å². The lowest BCUT2D eigenvalue weighted by atomic mass is 10.2. The number of methoxy groups -OCH3 is 1. The summed E-state index contributed by atoms with van der Waals surface area (Å²) < 4.78 is 9.96. The number of carbonyl (C=O) groups excluding carboxylic acids is 1. The van der Waals surface area contributed by atoms with Gasteiger partial charge in [-0.1, -0.05) is 19.8 Å². The van der Waals surface area contributed by atoms with Crippen LogP contribution in [0.4, 0.5) is 0 Å². The second-order valence-corrected chi connectivity index (χ2v) is 3.73. The van der Waals surface area contributed by atoms with Gasteiger partial charge in [-0.3, -0.25) is 0 Å². The largest absolute Gasteiger partial charge is 0.504 e. The molecule has 4 nitrogen and oxygen atoms in total. The number of unbranched alkanes of at least 4 members (excludes halogenated alkanes) is 2. The van der Waals surface area contributed by atoms with Crippen LogP contribution in [-0.2, 0) is 4.74 Å². The Balaban J connectivity index is 2.60. The third kappa shape index (κ3) is 3.98. The van der Waals surface area contributed by atoms with Crippen LogP contribution in [0.3, 0.4) is 0 Å². The Morgan fingerprint density at radius 1 is 1.35 bits per heavy atom. The predicted octanol–water partition coefficient (Wildman–Crippen LogP) is 2.75. The van der Waals surface area contributed by atoms with Gasteiger partial charge in [0.25, 0.3) is 0 Å². The minimum atomic E-state index is -0.474. The molecule has 1 aromatic carbocycles. The fourth-order valence-electron chi connectivity index (χ4n) is 1.42. The second kappa shape index (κ2) is 6.78. The average Bonchev–Trinajstić information content (AvgIpc) is 2.35. The van der Waals surface area contributed by atoms with Gasteiger partial charge in [-0.05, 0) is 24.6 Å². The van der Waals surface area contributed by atoms with Crippen LogP contribution in [0.1, 0.15) is 36.5 Å². The minimum absolute atomic E-state index is 0.0376. The maximum atomic E-state index is 11.2. The van der Waals surface area contributed by atoms with Crippen molar-refractivity contribution < 1.29 is 19.4 Å². The van der Waals surface area contributed by atoms with E-state index in [0.717, 1.165) is 19.3 Å². The molecule has 1 rings (SSSR count). The highest BCUT2D eigenvalue weighted by Crippen LogP contribution is 2.27. The third-order valence-corrected chi connectivity index (χ3v) is 2.39. The van der Waals surface area contributed by atoms with Crippen LogP contribution in [-0.4, -0.2) is 24.8 Å². The van der Waals surface area contributed by atoms with Gasteiger partial charge in [0.15, 0.2) is 11.5 Å². The normalized spacial score (nSPS) is 10.0. The van der Waals surface area contributed by atoms with Crippen LogP contribution in [0.5, 0.6) is 11.5 Å². The fraction of sp³-hybridized carbons (Fsp3) is 0.462. The molecule has 0 heterocycles. The van der Waals surface area contributed by atoms with Crippen molar-refractivity contribution in [2.45, 2.75) is 26.2 Å². The summed E-state index contributed by atoms with van der Waals surface area (Å²) in [6.45, 7) is 2.68. The molecule has 0 spiro atoms. The van der Waals surface area contributed by atoms with Crippen LogP contribution < -0.4 is 4.74 Å². The Morgan fingerprint density at radius 3 is 2.71 bits per heavy atom. The molecule has 0 aliphatic carbocycles. The van der Waals surface area contributed by atoms with E-state index >= 15 is 0 Å². The topological polar surface area (TPSA) is 55.8 Å². The first kappa shape index (κ1) is 13.4. The summed E-state index contributed by atoms with van der Waals surface area (Å²) in [6, 6.07) is 4.50. The fourth-order valence-corrected chi connectivity index (χ4v) is 1.42. The van der Waals surface area contributed by atoms with Crippen molar-refractivity contribution >= 4 is 5.97 Å². The van der Waals surface area contributed by atoms with Crippen LogP contribution >= 0.6 is 0 Å². The number of hydrogen-bond donors (Lipinski definition) is 1. The summed E-state index contributed by atoms with van der Waals surface area (Å²) in [5.41, 5.74) is 0.311. The van der Waals surface area contributed by atoms with Crippen molar-refractivity contribution in [1.82, 2.24) is 0 Å². The smallest absolute Gasteiger partial charge is 0.337 e. The summed E-state index contributed by atoms with van der Waals surface area (Å²) in [5.74, 6) is -0.115. The molecule has 1 aromatic rings. The molecule has 0 atom stereocenters. The third-order valence-electron chi connectivity index (χ3n) is 2.39. The van der Waals surface area contributed by atoms with Crippen LogP contribution in [0.15, 0.2) is 18.2 Å². The zero-order valence-corrected chi connectivity index (χ0v) is 10.2. The molecule has 0 amide bonds. The standard InChI is InChI=1S/C13H18O4/c1-3-4-5-8-17-12-7-6-10(9-11(12)14)13(15)16-2/h6-7,9,14H,3-5,8H2,1-2H3. The highest BCUT2D eigenvalue weighted by molar-refractivity contribution is 5.90. The SMILES string of the molecule is CCCCCOc1ccc(C(=O)OC)cc1O. The molecule has 0 radical (unpaired) electrons. The van der Waals surface area contributed by atoms with E-state index in [1.54, 1.807) is 12.1 Å². The lowest BCUT2D eigenvalue weighted by molar-refractivity contribution is 0.0600. The molecule has 94 valence electrons. The van der Waals surface area contributed by atoms with Gasteiger partial charge in [-0.2, -0.15) is 0 Å². The number of carbonyl (C=O) groups is 1. The van der Waals surface area contributed by atoms with E-state index in [2.05, 4.69) is 11.7 Å². The lowest BCUT2D eigenvalue weighted by Crippen LogP contribution is -2.02. The molecule has 0 aromatic heterocycles. The Hall–Kier alpha value is -1.71. The number of phenolic OH excluding ortho intramolecular Hbond substituents is 1. The first-order chi connectivity index (χ1) is 8.19. The van der Waals surface area contributed by atoms with E-state index in [1.165, 1.54) is 13.2 Å². The summed E-state index contributed by atoms with van der Waals surface area (Å²) in [6.07, 6.45) is 3.17. The average molecular weight is 238 g/mol. The molecule has 0 bridgehead atoms. The van der Waals surface area contributed by atoms with Gasteiger partial charge in [0.2, 0.25) is 0 Å². The van der Waals surface area contributed by atoms with Crippen molar-refractivity contribution in [3.63, 3.8) is 0 Å². The van der Waals surface area contributed by atoms with Crippen LogP contribution in [0.25, 0.3) is 0 Å². The Labute approximate surface area is 101 Å². The van der Waals surface area contributed by atoms with Gasteiger partial charge in [-0.15, -0.1) is 0 Å². The van der Waals surface area contributed by atoms with Crippen molar-refractivity contribution in [2.75, 3.05) is 13.7 Å². The zero-order chi connectivity index (χ0) is 12.7. The number of rotatable bonds is 6. The maximum Gasteiger partial charge on any atom is 0.337 e. The number of benzene rings is 1. The Kier molecular flexibility index (Phi) is 5.33. The van der Waals surface area contributed by atoms with Crippen molar-refractivity contribution in [3.8, 4) is 11.5 Å². The lowest BCUT2D eigenvalue weighted by Gasteiger charge is -2.08. The molecule has 0 saturated heterocycles. The van der Waals surface area contributed by atoms with Gasteiger partial charge in [0.05, 0.1) is 19.3 Å². The highest BCUT2D eigenvalue weighted by Gasteiger charge is 2.09. The summed E-state index contributed by atoms with van der Waals surface area (Å²) in [5, 5.41) is 9.66. The first-order valence-electron chi connectivity index (χ1n) is 5.73. The van der Waals surface area contributed by atoms with Gasteiger partial charge in [-0.25, -0.2) is 4.79 Å². The van der Waals surface area contributed by atoms with Gasteiger partial charge in [0, 0.05) is 0 Å². The molecule has 0 aliphatic heterocycles.